The average Bonchev–Trinajstić information content (AvgIpc) is 3.27. The summed E-state index contributed by atoms with van der Waals surface area (Å²) in [7, 11) is 0. The Morgan fingerprint density at radius 2 is 1.91 bits per heavy atom. The summed E-state index contributed by atoms with van der Waals surface area (Å²) < 4.78 is 1.90. The van der Waals surface area contributed by atoms with E-state index in [1.165, 1.54) is 5.56 Å². The molecule has 4 rings (SSSR count). The fraction of sp³-hybridized carbons (Fsp3) is 0.0588. The molecule has 5 nitrogen and oxygen atoms in total. The summed E-state index contributed by atoms with van der Waals surface area (Å²) in [5, 5.41) is 14.2. The van der Waals surface area contributed by atoms with E-state index in [2.05, 4.69) is 39.6 Å². The molecule has 0 bridgehead atoms. The van der Waals surface area contributed by atoms with Gasteiger partial charge in [0.1, 0.15) is 15.8 Å². The molecule has 1 N–H and O–H groups in total. The fourth-order valence-corrected chi connectivity index (χ4v) is 3.37. The van der Waals surface area contributed by atoms with Crippen molar-refractivity contribution in [3.05, 3.63) is 65.7 Å². The van der Waals surface area contributed by atoms with E-state index in [9.17, 15) is 0 Å². The number of benzene rings is 2. The van der Waals surface area contributed by atoms with E-state index < -0.39 is 0 Å². The van der Waals surface area contributed by atoms with Crippen molar-refractivity contribution in [1.29, 1.82) is 0 Å². The Balaban J connectivity index is 1.94. The van der Waals surface area contributed by atoms with E-state index in [-0.39, 0.29) is 0 Å². The molecule has 0 atom stereocenters. The Bertz CT molecular complexity index is 929. The fourth-order valence-electron chi connectivity index (χ4n) is 2.61. The summed E-state index contributed by atoms with van der Waals surface area (Å²) in [6.07, 6.45) is 1.82. The molecule has 4 aromatic rings. The normalized spacial score (nSPS) is 10.8. The molecule has 112 valence electrons. The molecule has 0 saturated heterocycles. The van der Waals surface area contributed by atoms with Crippen LogP contribution >= 0.6 is 11.3 Å². The molecule has 2 heterocycles. The first-order valence-electron chi connectivity index (χ1n) is 7.23. The third-order valence-electron chi connectivity index (χ3n) is 3.67. The number of rotatable bonds is 3. The minimum Gasteiger partial charge on any atom is -0.244 e. The van der Waals surface area contributed by atoms with Gasteiger partial charge in [-0.05, 0) is 30.7 Å². The number of aromatic nitrogens is 5. The van der Waals surface area contributed by atoms with E-state index >= 15 is 0 Å². The van der Waals surface area contributed by atoms with Crippen LogP contribution in [0.25, 0.3) is 27.6 Å². The Labute approximate surface area is 137 Å². The van der Waals surface area contributed by atoms with Crippen molar-refractivity contribution in [2.24, 2.45) is 0 Å². The first-order chi connectivity index (χ1) is 11.3. The van der Waals surface area contributed by atoms with E-state index in [1.54, 1.807) is 11.3 Å². The van der Waals surface area contributed by atoms with Gasteiger partial charge in [-0.15, -0.1) is 16.0 Å². The first-order valence-corrected chi connectivity index (χ1v) is 8.11. The predicted molar refractivity (Wildman–Crippen MR) is 89.2 cm³/mol. The number of H-pyrrole nitrogens is 1. The van der Waals surface area contributed by atoms with E-state index in [4.69, 9.17) is 0 Å². The molecule has 0 amide bonds. The van der Waals surface area contributed by atoms with Gasteiger partial charge in [-0.25, -0.2) is 4.98 Å². The molecule has 6 heteroatoms. The van der Waals surface area contributed by atoms with Gasteiger partial charge in [-0.3, -0.25) is 0 Å². The first kappa shape index (κ1) is 13.8. The van der Waals surface area contributed by atoms with Gasteiger partial charge >= 0.3 is 5.82 Å². The number of aryl methyl sites for hydroxylation is 1. The van der Waals surface area contributed by atoms with Gasteiger partial charge in [0.15, 0.2) is 5.21 Å². The summed E-state index contributed by atoms with van der Waals surface area (Å²) in [4.78, 5) is 4.47. The summed E-state index contributed by atoms with van der Waals surface area (Å²) in [5.41, 5.74) is 4.26. The largest absolute Gasteiger partial charge is 0.337 e. The van der Waals surface area contributed by atoms with Gasteiger partial charge in [-0.1, -0.05) is 35.5 Å². The lowest BCUT2D eigenvalue weighted by atomic mass is 10.1. The number of aromatic amines is 1. The molecule has 23 heavy (non-hydrogen) atoms. The third kappa shape index (κ3) is 2.43. The Kier molecular flexibility index (Phi) is 3.44. The van der Waals surface area contributed by atoms with Gasteiger partial charge in [0.05, 0.1) is 11.1 Å². The van der Waals surface area contributed by atoms with Crippen molar-refractivity contribution in [2.45, 2.75) is 6.92 Å². The van der Waals surface area contributed by atoms with Gasteiger partial charge in [-0.2, -0.15) is 0 Å². The quantitative estimate of drug-likeness (QED) is 0.590. The number of hydrogen-bond donors (Lipinski definition) is 1. The molecule has 2 aromatic carbocycles. The lowest BCUT2D eigenvalue weighted by molar-refractivity contribution is -0.649. The second-order valence-electron chi connectivity index (χ2n) is 5.13. The van der Waals surface area contributed by atoms with Crippen molar-refractivity contribution in [1.82, 2.24) is 20.5 Å². The van der Waals surface area contributed by atoms with Crippen LogP contribution in [0, 0.1) is 6.92 Å². The zero-order valence-electron chi connectivity index (χ0n) is 12.5. The van der Waals surface area contributed by atoms with Crippen LogP contribution in [0.5, 0.6) is 0 Å². The Hall–Kier alpha value is -2.86. The van der Waals surface area contributed by atoms with E-state index in [1.807, 2.05) is 52.7 Å². The maximum Gasteiger partial charge on any atom is 0.337 e. The second kappa shape index (κ2) is 5.73. The van der Waals surface area contributed by atoms with Crippen molar-refractivity contribution >= 4 is 11.3 Å². The highest BCUT2D eigenvalue weighted by molar-refractivity contribution is 7.13. The summed E-state index contributed by atoms with van der Waals surface area (Å²) in [6, 6.07) is 16.2. The van der Waals surface area contributed by atoms with Crippen molar-refractivity contribution in [3.63, 3.8) is 0 Å². The highest BCUT2D eigenvalue weighted by atomic mass is 32.1. The summed E-state index contributed by atoms with van der Waals surface area (Å²) >= 11 is 1.62. The Morgan fingerprint density at radius 1 is 1.04 bits per heavy atom. The monoisotopic (exact) mass is 320 g/mol. The SMILES string of the molecule is Cc1cccc(-[n+]2[nH]nnc2-c2ccccc2)c1-c1nccs1. The zero-order chi connectivity index (χ0) is 15.6. The molecule has 0 unspecified atom stereocenters. The molecular weight excluding hydrogens is 306 g/mol. The summed E-state index contributed by atoms with van der Waals surface area (Å²) in [5.74, 6) is 0.772. The summed E-state index contributed by atoms with van der Waals surface area (Å²) in [6.45, 7) is 2.09. The molecule has 0 radical (unpaired) electrons. The molecule has 0 aliphatic carbocycles. The molecule has 0 aliphatic rings. The van der Waals surface area contributed by atoms with Crippen LogP contribution in [0.3, 0.4) is 0 Å². The van der Waals surface area contributed by atoms with Gasteiger partial charge < -0.3 is 0 Å². The predicted octanol–water partition coefficient (Wildman–Crippen LogP) is 3.18. The van der Waals surface area contributed by atoms with Gasteiger partial charge in [0.2, 0.25) is 0 Å². The average molecular weight is 320 g/mol. The van der Waals surface area contributed by atoms with E-state index in [0.29, 0.717) is 0 Å². The van der Waals surface area contributed by atoms with Crippen molar-refractivity contribution in [3.8, 4) is 27.6 Å². The number of hydrogen-bond acceptors (Lipinski definition) is 4. The molecule has 0 spiro atoms. The van der Waals surface area contributed by atoms with Crippen LogP contribution in [0.1, 0.15) is 5.56 Å². The van der Waals surface area contributed by atoms with Crippen molar-refractivity contribution < 1.29 is 4.68 Å². The lowest BCUT2D eigenvalue weighted by Gasteiger charge is -2.08. The van der Waals surface area contributed by atoms with Gasteiger partial charge in [0.25, 0.3) is 0 Å². The van der Waals surface area contributed by atoms with Crippen LogP contribution in [-0.2, 0) is 0 Å². The number of nitrogens with zero attached hydrogens (tertiary/aromatic N) is 4. The van der Waals surface area contributed by atoms with Crippen LogP contribution in [0.4, 0.5) is 0 Å². The molecule has 2 aromatic heterocycles. The van der Waals surface area contributed by atoms with Crippen LogP contribution < -0.4 is 4.68 Å². The van der Waals surface area contributed by atoms with E-state index in [0.717, 1.165) is 27.6 Å². The maximum absolute atomic E-state index is 4.47. The molecule has 0 aliphatic heterocycles. The maximum atomic E-state index is 4.47. The Morgan fingerprint density at radius 3 is 2.70 bits per heavy atom. The zero-order valence-corrected chi connectivity index (χ0v) is 13.3. The molecule has 0 saturated carbocycles. The van der Waals surface area contributed by atoms with Gasteiger partial charge in [0, 0.05) is 11.6 Å². The van der Waals surface area contributed by atoms with Crippen LogP contribution in [-0.4, -0.2) is 20.5 Å². The standard InChI is InChI=1S/C17H13N5S/c1-12-6-5-9-14(15(12)17-18-10-11-23-17)22-16(19-20-21-22)13-7-3-2-4-8-13/h2-11H,1H3/p+1. The minimum absolute atomic E-state index is 0.772. The smallest absolute Gasteiger partial charge is 0.244 e. The highest BCUT2D eigenvalue weighted by Gasteiger charge is 2.23. The van der Waals surface area contributed by atoms with Crippen LogP contribution in [0.15, 0.2) is 60.1 Å². The highest BCUT2D eigenvalue weighted by Crippen LogP contribution is 2.29. The molecular formula is C17H14N5S+. The van der Waals surface area contributed by atoms with Crippen LogP contribution in [0.2, 0.25) is 0 Å². The topological polar surface area (TPSA) is 58.3 Å². The number of nitrogens with one attached hydrogen (secondary N) is 1. The number of thiazole rings is 1. The molecule has 0 fully saturated rings. The lowest BCUT2D eigenvalue weighted by Crippen LogP contribution is -2.36. The third-order valence-corrected chi connectivity index (χ3v) is 4.46. The number of tetrazole rings is 1. The minimum atomic E-state index is 0.772. The van der Waals surface area contributed by atoms with Crippen molar-refractivity contribution in [2.75, 3.05) is 0 Å². The second-order valence-corrected chi connectivity index (χ2v) is 6.03.